The van der Waals surface area contributed by atoms with Crippen molar-refractivity contribution in [1.82, 2.24) is 14.5 Å². The first kappa shape index (κ1) is 19.5. The van der Waals surface area contributed by atoms with Crippen LogP contribution in [0.2, 0.25) is 5.02 Å². The fraction of sp³-hybridized carbons (Fsp3) is 0.211. The van der Waals surface area contributed by atoms with Crippen molar-refractivity contribution in [3.8, 4) is 5.69 Å². The van der Waals surface area contributed by atoms with Crippen LogP contribution in [0.5, 0.6) is 0 Å². The van der Waals surface area contributed by atoms with E-state index in [4.69, 9.17) is 11.6 Å². The van der Waals surface area contributed by atoms with Crippen LogP contribution in [-0.4, -0.2) is 25.4 Å². The number of alkyl halides is 3. The van der Waals surface area contributed by atoms with E-state index in [1.807, 2.05) is 0 Å². The number of rotatable bonds is 2. The van der Waals surface area contributed by atoms with Gasteiger partial charge in [-0.25, -0.2) is 9.37 Å². The van der Waals surface area contributed by atoms with Gasteiger partial charge in [-0.1, -0.05) is 11.6 Å². The Morgan fingerprint density at radius 1 is 1.21 bits per heavy atom. The summed E-state index contributed by atoms with van der Waals surface area (Å²) in [7, 11) is 0. The largest absolute Gasteiger partial charge is 0.417 e. The summed E-state index contributed by atoms with van der Waals surface area (Å²) < 4.78 is 56.6. The molecule has 0 spiro atoms. The molecule has 0 unspecified atom stereocenters. The van der Waals surface area contributed by atoms with Crippen LogP contribution in [0.3, 0.4) is 0 Å². The van der Waals surface area contributed by atoms with Crippen LogP contribution in [0.25, 0.3) is 5.69 Å². The smallest absolute Gasteiger partial charge is 0.390 e. The van der Waals surface area contributed by atoms with Crippen LogP contribution in [0.15, 0.2) is 41.7 Å². The highest BCUT2D eigenvalue weighted by Gasteiger charge is 2.38. The van der Waals surface area contributed by atoms with Crippen molar-refractivity contribution in [3.05, 3.63) is 75.8 Å². The molecule has 0 aliphatic carbocycles. The van der Waals surface area contributed by atoms with Crippen molar-refractivity contribution in [2.24, 2.45) is 4.99 Å². The van der Waals surface area contributed by atoms with Crippen molar-refractivity contribution in [3.63, 3.8) is 0 Å². The number of aliphatic hydroxyl groups excluding tert-OH is 1. The lowest BCUT2D eigenvalue weighted by molar-refractivity contribution is -0.137. The zero-order chi connectivity index (χ0) is 20.9. The van der Waals surface area contributed by atoms with Gasteiger partial charge in [0.15, 0.2) is 5.82 Å². The number of aliphatic imine (C=N–C) groups is 1. The number of pyridine rings is 1. The van der Waals surface area contributed by atoms with Gasteiger partial charge in [-0.3, -0.25) is 14.5 Å². The van der Waals surface area contributed by atoms with Gasteiger partial charge in [0, 0.05) is 11.8 Å². The molecule has 3 heterocycles. The standard InChI is InChI=1S/C19H13ClF4N4O/c1-9-18-26-7-10(8-29)28(18)13-5-4-11(19(22,23)24)15(20)14(13)17(27-9)16-12(21)3-2-6-25-16/h2-7,9,29H,8H2,1H3/t9-/m0/s1. The van der Waals surface area contributed by atoms with E-state index in [0.29, 0.717) is 11.5 Å². The molecule has 0 amide bonds. The maximum Gasteiger partial charge on any atom is 0.417 e. The van der Waals surface area contributed by atoms with Crippen LogP contribution in [0.4, 0.5) is 17.6 Å². The maximum absolute atomic E-state index is 14.5. The molecule has 0 radical (unpaired) electrons. The van der Waals surface area contributed by atoms with Gasteiger partial charge in [0.2, 0.25) is 0 Å². The Morgan fingerprint density at radius 3 is 2.62 bits per heavy atom. The lowest BCUT2D eigenvalue weighted by Crippen LogP contribution is -2.16. The SMILES string of the molecule is C[C@@H]1N=C(c2ncccc2F)c2c(ccc(C(F)(F)F)c2Cl)-n2c(CO)cnc21. The summed E-state index contributed by atoms with van der Waals surface area (Å²) in [4.78, 5) is 12.6. The molecule has 1 aromatic carbocycles. The predicted molar refractivity (Wildman–Crippen MR) is 97.7 cm³/mol. The summed E-state index contributed by atoms with van der Waals surface area (Å²) in [6, 6.07) is 3.89. The molecule has 1 N–H and O–H groups in total. The molecule has 0 saturated heterocycles. The molecule has 10 heteroatoms. The summed E-state index contributed by atoms with van der Waals surface area (Å²) in [5, 5.41) is 9.05. The number of benzene rings is 1. The number of fused-ring (bicyclic) bond motifs is 3. The van der Waals surface area contributed by atoms with Gasteiger partial charge in [-0.2, -0.15) is 13.2 Å². The lowest BCUT2D eigenvalue weighted by Gasteiger charge is -2.18. The second-order valence-corrected chi connectivity index (χ2v) is 6.79. The van der Waals surface area contributed by atoms with Gasteiger partial charge in [-0.15, -0.1) is 0 Å². The van der Waals surface area contributed by atoms with E-state index < -0.39 is 35.2 Å². The maximum atomic E-state index is 14.5. The highest BCUT2D eigenvalue weighted by atomic mass is 35.5. The van der Waals surface area contributed by atoms with E-state index in [-0.39, 0.29) is 22.7 Å². The number of aromatic nitrogens is 3. The minimum atomic E-state index is -4.73. The van der Waals surface area contributed by atoms with Gasteiger partial charge in [0.05, 0.1) is 40.5 Å². The quantitative estimate of drug-likeness (QED) is 0.617. The molecular weight excluding hydrogens is 412 g/mol. The van der Waals surface area contributed by atoms with E-state index in [1.165, 1.54) is 29.1 Å². The second-order valence-electron chi connectivity index (χ2n) is 6.41. The molecule has 3 aromatic rings. The van der Waals surface area contributed by atoms with Crippen molar-refractivity contribution in [1.29, 1.82) is 0 Å². The first-order valence-electron chi connectivity index (χ1n) is 8.50. The van der Waals surface area contributed by atoms with Gasteiger partial charge >= 0.3 is 6.18 Å². The molecule has 2 aromatic heterocycles. The lowest BCUT2D eigenvalue weighted by atomic mass is 10.00. The van der Waals surface area contributed by atoms with Crippen LogP contribution < -0.4 is 0 Å². The minimum Gasteiger partial charge on any atom is -0.390 e. The molecule has 1 aliphatic heterocycles. The zero-order valence-electron chi connectivity index (χ0n) is 14.9. The summed E-state index contributed by atoms with van der Waals surface area (Å²) in [5.41, 5.74) is -1.01. The third kappa shape index (κ3) is 3.10. The Hall–Kier alpha value is -2.78. The number of hydrogen-bond donors (Lipinski definition) is 1. The Kier molecular flexibility index (Phi) is 4.66. The van der Waals surface area contributed by atoms with Crippen LogP contribution in [0.1, 0.15) is 41.3 Å². The monoisotopic (exact) mass is 424 g/mol. The Morgan fingerprint density at radius 2 is 1.97 bits per heavy atom. The first-order chi connectivity index (χ1) is 13.7. The number of halogens is 5. The van der Waals surface area contributed by atoms with Crippen molar-refractivity contribution in [2.75, 3.05) is 0 Å². The van der Waals surface area contributed by atoms with Gasteiger partial charge in [-0.05, 0) is 31.2 Å². The molecule has 0 bridgehead atoms. The van der Waals surface area contributed by atoms with E-state index in [1.54, 1.807) is 6.92 Å². The Bertz CT molecular complexity index is 1140. The first-order valence-corrected chi connectivity index (χ1v) is 8.88. The average Bonchev–Trinajstić information content (AvgIpc) is 3.04. The Balaban J connectivity index is 2.13. The van der Waals surface area contributed by atoms with Gasteiger partial charge in [0.1, 0.15) is 17.6 Å². The van der Waals surface area contributed by atoms with E-state index in [2.05, 4.69) is 15.0 Å². The van der Waals surface area contributed by atoms with E-state index in [9.17, 15) is 22.7 Å². The van der Waals surface area contributed by atoms with Crippen molar-refractivity contribution in [2.45, 2.75) is 25.7 Å². The van der Waals surface area contributed by atoms with Gasteiger partial charge < -0.3 is 5.11 Å². The zero-order valence-corrected chi connectivity index (χ0v) is 15.6. The normalized spacial score (nSPS) is 16.1. The minimum absolute atomic E-state index is 0.115. The fourth-order valence-corrected chi connectivity index (χ4v) is 3.70. The van der Waals surface area contributed by atoms with E-state index in [0.717, 1.165) is 12.1 Å². The Labute approximate surface area is 167 Å². The molecule has 29 heavy (non-hydrogen) atoms. The predicted octanol–water partition coefficient (Wildman–Crippen LogP) is 4.48. The molecule has 4 rings (SSSR count). The summed E-state index contributed by atoms with van der Waals surface area (Å²) in [6.07, 6.45) is -2.01. The summed E-state index contributed by atoms with van der Waals surface area (Å²) in [5.74, 6) is -0.378. The molecule has 0 fully saturated rings. The van der Waals surface area contributed by atoms with E-state index >= 15 is 0 Å². The van der Waals surface area contributed by atoms with Crippen LogP contribution in [0, 0.1) is 5.82 Å². The molecule has 1 atom stereocenters. The summed E-state index contributed by atoms with van der Waals surface area (Å²) >= 11 is 6.21. The third-order valence-electron chi connectivity index (χ3n) is 4.61. The number of imidazole rings is 1. The fourth-order valence-electron chi connectivity index (χ4n) is 3.34. The number of nitrogens with zero attached hydrogens (tertiary/aromatic N) is 4. The number of aliphatic hydroxyl groups is 1. The topological polar surface area (TPSA) is 63.3 Å². The van der Waals surface area contributed by atoms with Crippen molar-refractivity contribution >= 4 is 17.3 Å². The second kappa shape index (κ2) is 6.93. The van der Waals surface area contributed by atoms with Crippen molar-refractivity contribution < 1.29 is 22.7 Å². The average molecular weight is 425 g/mol. The number of hydrogen-bond acceptors (Lipinski definition) is 4. The van der Waals surface area contributed by atoms with Gasteiger partial charge in [0.25, 0.3) is 0 Å². The molecule has 5 nitrogen and oxygen atoms in total. The molecule has 1 aliphatic rings. The van der Waals surface area contributed by atoms with Crippen LogP contribution in [-0.2, 0) is 12.8 Å². The highest BCUT2D eigenvalue weighted by molar-refractivity contribution is 6.37. The summed E-state index contributed by atoms with van der Waals surface area (Å²) in [6.45, 7) is 1.25. The third-order valence-corrected chi connectivity index (χ3v) is 5.00. The molecule has 0 saturated carbocycles. The van der Waals surface area contributed by atoms with Crippen LogP contribution >= 0.6 is 11.6 Å². The highest BCUT2D eigenvalue weighted by Crippen LogP contribution is 2.42. The molecule has 150 valence electrons. The molecular formula is C19H13ClF4N4O.